The summed E-state index contributed by atoms with van der Waals surface area (Å²) in [5.74, 6) is 1.47. The second-order valence-corrected chi connectivity index (χ2v) is 4.10. The first-order valence-corrected chi connectivity index (χ1v) is 5.15. The molecule has 78 valence electrons. The predicted molar refractivity (Wildman–Crippen MR) is 54.6 cm³/mol. The molecule has 0 bridgehead atoms. The lowest BCUT2D eigenvalue weighted by Gasteiger charge is -2.21. The lowest BCUT2D eigenvalue weighted by Crippen LogP contribution is -2.25. The summed E-state index contributed by atoms with van der Waals surface area (Å²) in [4.78, 5) is 2.39. The zero-order chi connectivity index (χ0) is 9.68. The molecular formula is C10H22N2O. The van der Waals surface area contributed by atoms with E-state index in [0.717, 1.165) is 25.5 Å². The first-order valence-electron chi connectivity index (χ1n) is 5.15. The maximum Gasteiger partial charge on any atom is 0.0494 e. The molecule has 1 aliphatic rings. The fourth-order valence-electron chi connectivity index (χ4n) is 2.24. The average Bonchev–Trinajstić information content (AvgIpc) is 2.51. The number of rotatable bonds is 5. The Kier molecular flexibility index (Phi) is 4.70. The fourth-order valence-corrected chi connectivity index (χ4v) is 2.24. The van der Waals surface area contributed by atoms with E-state index in [1.165, 1.54) is 19.5 Å². The van der Waals surface area contributed by atoms with Gasteiger partial charge in [0.1, 0.15) is 0 Å². The zero-order valence-electron chi connectivity index (χ0n) is 8.83. The van der Waals surface area contributed by atoms with Crippen molar-refractivity contribution in [2.75, 3.05) is 40.4 Å². The normalized spacial score (nSPS) is 26.5. The van der Waals surface area contributed by atoms with E-state index >= 15 is 0 Å². The molecule has 1 heterocycles. The molecule has 0 aliphatic carbocycles. The smallest absolute Gasteiger partial charge is 0.0494 e. The van der Waals surface area contributed by atoms with E-state index in [0.29, 0.717) is 5.92 Å². The molecule has 2 N–H and O–H groups in total. The van der Waals surface area contributed by atoms with Gasteiger partial charge in [0.2, 0.25) is 0 Å². The minimum atomic E-state index is 0.667. The van der Waals surface area contributed by atoms with Gasteiger partial charge in [-0.3, -0.25) is 0 Å². The van der Waals surface area contributed by atoms with Gasteiger partial charge in [-0.15, -0.1) is 0 Å². The zero-order valence-corrected chi connectivity index (χ0v) is 8.83. The van der Waals surface area contributed by atoms with Gasteiger partial charge in [-0.2, -0.15) is 0 Å². The van der Waals surface area contributed by atoms with Crippen LogP contribution in [0.15, 0.2) is 0 Å². The number of ether oxygens (including phenoxy) is 1. The van der Waals surface area contributed by atoms with E-state index in [2.05, 4.69) is 11.9 Å². The minimum absolute atomic E-state index is 0.667. The number of hydrogen-bond acceptors (Lipinski definition) is 3. The molecule has 3 nitrogen and oxygen atoms in total. The Bertz CT molecular complexity index is 135. The summed E-state index contributed by atoms with van der Waals surface area (Å²) in [6.07, 6.45) is 2.41. The van der Waals surface area contributed by atoms with Crippen LogP contribution in [0.5, 0.6) is 0 Å². The molecule has 0 aromatic rings. The van der Waals surface area contributed by atoms with Crippen molar-refractivity contribution in [2.24, 2.45) is 17.6 Å². The molecular weight excluding hydrogens is 164 g/mol. The monoisotopic (exact) mass is 186 g/mol. The van der Waals surface area contributed by atoms with Crippen molar-refractivity contribution in [1.82, 2.24) is 4.90 Å². The van der Waals surface area contributed by atoms with Crippen LogP contribution in [0.1, 0.15) is 12.8 Å². The van der Waals surface area contributed by atoms with Gasteiger partial charge < -0.3 is 15.4 Å². The highest BCUT2D eigenvalue weighted by molar-refractivity contribution is 4.79. The number of likely N-dealkylation sites (tertiary alicyclic amines) is 1. The summed E-state index contributed by atoms with van der Waals surface area (Å²) in [7, 11) is 3.97. The van der Waals surface area contributed by atoms with Gasteiger partial charge in [0.15, 0.2) is 0 Å². The van der Waals surface area contributed by atoms with Crippen molar-refractivity contribution < 1.29 is 4.74 Å². The highest BCUT2D eigenvalue weighted by Crippen LogP contribution is 2.25. The summed E-state index contributed by atoms with van der Waals surface area (Å²) >= 11 is 0. The third kappa shape index (κ3) is 3.25. The Hall–Kier alpha value is -0.120. The molecule has 1 saturated heterocycles. The van der Waals surface area contributed by atoms with Crippen LogP contribution in [-0.4, -0.2) is 45.3 Å². The van der Waals surface area contributed by atoms with Gasteiger partial charge in [0.25, 0.3) is 0 Å². The largest absolute Gasteiger partial charge is 0.384 e. The number of hydrogen-bond donors (Lipinski definition) is 1. The Labute approximate surface area is 81.2 Å². The van der Waals surface area contributed by atoms with Crippen molar-refractivity contribution in [1.29, 1.82) is 0 Å². The van der Waals surface area contributed by atoms with E-state index in [4.69, 9.17) is 10.5 Å². The van der Waals surface area contributed by atoms with Crippen molar-refractivity contribution >= 4 is 0 Å². The van der Waals surface area contributed by atoms with Crippen LogP contribution in [0.4, 0.5) is 0 Å². The van der Waals surface area contributed by atoms with Gasteiger partial charge >= 0.3 is 0 Å². The van der Waals surface area contributed by atoms with Crippen LogP contribution in [0, 0.1) is 11.8 Å². The van der Waals surface area contributed by atoms with Crippen LogP contribution in [-0.2, 0) is 4.74 Å². The number of nitrogens with zero attached hydrogens (tertiary/aromatic N) is 1. The van der Waals surface area contributed by atoms with E-state index in [1.807, 2.05) is 0 Å². The first-order chi connectivity index (χ1) is 6.27. The fraction of sp³-hybridized carbons (Fsp3) is 1.00. The lowest BCUT2D eigenvalue weighted by molar-refractivity contribution is 0.118. The summed E-state index contributed by atoms with van der Waals surface area (Å²) in [5.41, 5.74) is 5.59. The summed E-state index contributed by atoms with van der Waals surface area (Å²) in [6, 6.07) is 0. The Morgan fingerprint density at radius 2 is 2.38 bits per heavy atom. The van der Waals surface area contributed by atoms with Gasteiger partial charge in [0, 0.05) is 20.3 Å². The number of nitrogens with two attached hydrogens (primary N) is 1. The van der Waals surface area contributed by atoms with Crippen molar-refractivity contribution in [3.63, 3.8) is 0 Å². The molecule has 2 atom stereocenters. The molecule has 0 aromatic heterocycles. The molecule has 0 spiro atoms. The topological polar surface area (TPSA) is 38.5 Å². The second-order valence-electron chi connectivity index (χ2n) is 4.10. The quantitative estimate of drug-likeness (QED) is 0.681. The van der Waals surface area contributed by atoms with Crippen LogP contribution in [0.2, 0.25) is 0 Å². The molecule has 0 radical (unpaired) electrons. The molecule has 1 fully saturated rings. The summed E-state index contributed by atoms with van der Waals surface area (Å²) in [5, 5.41) is 0. The van der Waals surface area contributed by atoms with Crippen LogP contribution < -0.4 is 5.73 Å². The molecule has 0 saturated carbocycles. The van der Waals surface area contributed by atoms with Crippen molar-refractivity contribution in [2.45, 2.75) is 12.8 Å². The first kappa shape index (κ1) is 11.0. The Balaban J connectivity index is 2.35. The van der Waals surface area contributed by atoms with Gasteiger partial charge in [0.05, 0.1) is 0 Å². The molecule has 1 rings (SSSR count). The molecule has 2 unspecified atom stereocenters. The molecule has 0 amide bonds. The van der Waals surface area contributed by atoms with Crippen LogP contribution >= 0.6 is 0 Å². The van der Waals surface area contributed by atoms with Crippen LogP contribution in [0.3, 0.4) is 0 Å². The van der Waals surface area contributed by atoms with E-state index < -0.39 is 0 Å². The third-order valence-electron chi connectivity index (χ3n) is 3.01. The highest BCUT2D eigenvalue weighted by atomic mass is 16.5. The SMILES string of the molecule is COCC(CCN)C1CCN(C)C1. The Morgan fingerprint density at radius 3 is 2.85 bits per heavy atom. The minimum Gasteiger partial charge on any atom is -0.384 e. The van der Waals surface area contributed by atoms with Gasteiger partial charge in [-0.1, -0.05) is 0 Å². The molecule has 1 aliphatic heterocycles. The molecule has 13 heavy (non-hydrogen) atoms. The molecule has 3 heteroatoms. The van der Waals surface area contributed by atoms with E-state index in [-0.39, 0.29) is 0 Å². The maximum absolute atomic E-state index is 5.59. The van der Waals surface area contributed by atoms with Gasteiger partial charge in [-0.05, 0) is 44.8 Å². The summed E-state index contributed by atoms with van der Waals surface area (Å²) < 4.78 is 5.23. The Morgan fingerprint density at radius 1 is 1.62 bits per heavy atom. The summed E-state index contributed by atoms with van der Waals surface area (Å²) in [6.45, 7) is 4.10. The lowest BCUT2D eigenvalue weighted by atomic mass is 9.89. The van der Waals surface area contributed by atoms with E-state index in [1.54, 1.807) is 7.11 Å². The highest BCUT2D eigenvalue weighted by Gasteiger charge is 2.26. The van der Waals surface area contributed by atoms with E-state index in [9.17, 15) is 0 Å². The van der Waals surface area contributed by atoms with Gasteiger partial charge in [-0.25, -0.2) is 0 Å². The number of methoxy groups -OCH3 is 1. The second kappa shape index (κ2) is 5.58. The van der Waals surface area contributed by atoms with Crippen LogP contribution in [0.25, 0.3) is 0 Å². The predicted octanol–water partition coefficient (Wildman–Crippen LogP) is 0.550. The van der Waals surface area contributed by atoms with Crippen molar-refractivity contribution in [3.05, 3.63) is 0 Å². The van der Waals surface area contributed by atoms with Crippen molar-refractivity contribution in [3.8, 4) is 0 Å². The average molecular weight is 186 g/mol. The maximum atomic E-state index is 5.59. The molecule has 0 aromatic carbocycles. The standard InChI is InChI=1S/C10H22N2O/c1-12-6-4-9(7-12)10(3-5-11)8-13-2/h9-10H,3-8,11H2,1-2H3. The third-order valence-corrected chi connectivity index (χ3v) is 3.01.